The van der Waals surface area contributed by atoms with Gasteiger partial charge in [-0.3, -0.25) is 9.78 Å². The minimum Gasteiger partial charge on any atom is -0.355 e. The van der Waals surface area contributed by atoms with Gasteiger partial charge in [-0.1, -0.05) is 30.6 Å². The Morgan fingerprint density at radius 1 is 1.21 bits per heavy atom. The molecule has 0 saturated carbocycles. The van der Waals surface area contributed by atoms with Crippen LogP contribution in [0.25, 0.3) is 11.3 Å². The van der Waals surface area contributed by atoms with Crippen molar-refractivity contribution >= 4 is 33.2 Å². The van der Waals surface area contributed by atoms with E-state index in [1.807, 2.05) is 0 Å². The fraction of sp³-hybridized carbons (Fsp3) is 0.211. The number of rotatable bonds is 7. The van der Waals surface area contributed by atoms with Gasteiger partial charge in [0.2, 0.25) is 10.0 Å². The predicted molar refractivity (Wildman–Crippen MR) is 109 cm³/mol. The number of nitrogens with one attached hydrogen (secondary N) is 1. The predicted octanol–water partition coefficient (Wildman–Crippen LogP) is 3.67. The van der Waals surface area contributed by atoms with E-state index in [0.29, 0.717) is 24.4 Å². The van der Waals surface area contributed by atoms with E-state index < -0.39 is 15.9 Å². The maximum absolute atomic E-state index is 12.8. The van der Waals surface area contributed by atoms with Gasteiger partial charge in [-0.25, -0.2) is 8.42 Å². The standard InChI is InChI=1S/C19H19ClN4O4S/c1-3-24(4-2)29(26,27)18-10-14(7-8-15(18)20)22-19(25)16-11-17(28-23-16)13-6-5-9-21-12-13/h5-12H,3-4H2,1-2H3,(H,22,25). The third-order valence-electron chi connectivity index (χ3n) is 4.20. The number of hydrogen-bond acceptors (Lipinski definition) is 6. The molecule has 0 bridgehead atoms. The molecular weight excluding hydrogens is 416 g/mol. The normalized spacial score (nSPS) is 11.6. The van der Waals surface area contributed by atoms with Crippen molar-refractivity contribution in [1.29, 1.82) is 0 Å². The highest BCUT2D eigenvalue weighted by atomic mass is 35.5. The van der Waals surface area contributed by atoms with Gasteiger partial charge in [-0.05, 0) is 30.3 Å². The maximum atomic E-state index is 12.8. The minimum atomic E-state index is -3.78. The number of hydrogen-bond donors (Lipinski definition) is 1. The number of anilines is 1. The van der Waals surface area contributed by atoms with Crippen LogP contribution in [0.1, 0.15) is 24.3 Å². The lowest BCUT2D eigenvalue weighted by Crippen LogP contribution is -2.30. The van der Waals surface area contributed by atoms with E-state index in [1.54, 1.807) is 38.4 Å². The molecule has 2 aromatic heterocycles. The molecule has 0 spiro atoms. The van der Waals surface area contributed by atoms with Crippen LogP contribution in [0.4, 0.5) is 5.69 Å². The van der Waals surface area contributed by atoms with E-state index in [-0.39, 0.29) is 21.3 Å². The summed E-state index contributed by atoms with van der Waals surface area (Å²) >= 11 is 6.11. The van der Waals surface area contributed by atoms with Crippen LogP contribution in [-0.4, -0.2) is 41.9 Å². The summed E-state index contributed by atoms with van der Waals surface area (Å²) in [7, 11) is -3.78. The van der Waals surface area contributed by atoms with Crippen molar-refractivity contribution in [2.45, 2.75) is 18.7 Å². The topological polar surface area (TPSA) is 105 Å². The molecule has 1 N–H and O–H groups in total. The van der Waals surface area contributed by atoms with Crippen molar-refractivity contribution in [3.63, 3.8) is 0 Å². The third kappa shape index (κ3) is 4.47. The Kier molecular flexibility index (Phi) is 6.31. The maximum Gasteiger partial charge on any atom is 0.277 e. The molecule has 10 heteroatoms. The van der Waals surface area contributed by atoms with Crippen LogP contribution >= 0.6 is 11.6 Å². The lowest BCUT2D eigenvalue weighted by Gasteiger charge is -2.19. The van der Waals surface area contributed by atoms with Gasteiger partial charge >= 0.3 is 0 Å². The Balaban J connectivity index is 1.84. The van der Waals surface area contributed by atoms with E-state index in [9.17, 15) is 13.2 Å². The molecule has 0 radical (unpaired) electrons. The SMILES string of the molecule is CCN(CC)S(=O)(=O)c1cc(NC(=O)c2cc(-c3cccnc3)on2)ccc1Cl. The van der Waals surface area contributed by atoms with Gasteiger partial charge in [0.05, 0.1) is 5.02 Å². The zero-order chi connectivity index (χ0) is 21.0. The van der Waals surface area contributed by atoms with Crippen molar-refractivity contribution in [3.05, 3.63) is 59.5 Å². The number of carbonyl (C=O) groups excluding carboxylic acids is 1. The summed E-state index contributed by atoms with van der Waals surface area (Å²) in [4.78, 5) is 16.4. The molecule has 1 amide bonds. The summed E-state index contributed by atoms with van der Waals surface area (Å²) in [6.07, 6.45) is 3.21. The van der Waals surface area contributed by atoms with E-state index in [2.05, 4.69) is 15.5 Å². The van der Waals surface area contributed by atoms with Crippen LogP contribution in [0.3, 0.4) is 0 Å². The van der Waals surface area contributed by atoms with E-state index in [4.69, 9.17) is 16.1 Å². The number of amides is 1. The molecule has 1 aromatic carbocycles. The first-order valence-electron chi connectivity index (χ1n) is 8.85. The van der Waals surface area contributed by atoms with Gasteiger partial charge < -0.3 is 9.84 Å². The lowest BCUT2D eigenvalue weighted by atomic mass is 10.2. The van der Waals surface area contributed by atoms with Crippen LogP contribution in [0.15, 0.2) is 58.2 Å². The number of pyridine rings is 1. The van der Waals surface area contributed by atoms with Crippen molar-refractivity contribution in [2.75, 3.05) is 18.4 Å². The second kappa shape index (κ2) is 8.73. The van der Waals surface area contributed by atoms with Gasteiger partial charge in [-0.2, -0.15) is 4.31 Å². The number of halogens is 1. The number of nitrogens with zero attached hydrogens (tertiary/aromatic N) is 3. The molecule has 8 nitrogen and oxygen atoms in total. The highest BCUT2D eigenvalue weighted by Crippen LogP contribution is 2.28. The molecule has 0 aliphatic heterocycles. The molecule has 0 fully saturated rings. The molecule has 0 aliphatic carbocycles. The van der Waals surface area contributed by atoms with Crippen LogP contribution < -0.4 is 5.32 Å². The van der Waals surface area contributed by atoms with Crippen molar-refractivity contribution in [1.82, 2.24) is 14.4 Å². The molecule has 29 heavy (non-hydrogen) atoms. The summed E-state index contributed by atoms with van der Waals surface area (Å²) in [6, 6.07) is 9.27. The van der Waals surface area contributed by atoms with Gasteiger partial charge in [0, 0.05) is 42.8 Å². The first-order valence-corrected chi connectivity index (χ1v) is 10.7. The van der Waals surface area contributed by atoms with E-state index >= 15 is 0 Å². The third-order valence-corrected chi connectivity index (χ3v) is 6.73. The molecular formula is C19H19ClN4O4S. The highest BCUT2D eigenvalue weighted by Gasteiger charge is 2.25. The van der Waals surface area contributed by atoms with Crippen LogP contribution in [0, 0.1) is 0 Å². The fourth-order valence-electron chi connectivity index (χ4n) is 2.70. The van der Waals surface area contributed by atoms with Crippen molar-refractivity contribution in [3.8, 4) is 11.3 Å². The van der Waals surface area contributed by atoms with Gasteiger partial charge in [0.15, 0.2) is 11.5 Å². The van der Waals surface area contributed by atoms with Crippen LogP contribution in [0.2, 0.25) is 5.02 Å². The molecule has 0 aliphatic rings. The molecule has 0 unspecified atom stereocenters. The highest BCUT2D eigenvalue weighted by molar-refractivity contribution is 7.89. The number of benzene rings is 1. The lowest BCUT2D eigenvalue weighted by molar-refractivity contribution is 0.101. The Morgan fingerprint density at radius 2 is 1.97 bits per heavy atom. The summed E-state index contributed by atoms with van der Waals surface area (Å²) in [6.45, 7) is 4.10. The molecule has 152 valence electrons. The van der Waals surface area contributed by atoms with Gasteiger partial charge in [-0.15, -0.1) is 0 Å². The smallest absolute Gasteiger partial charge is 0.277 e. The summed E-state index contributed by atoms with van der Waals surface area (Å²) in [5.41, 5.74) is 1.00. The minimum absolute atomic E-state index is 0.0481. The largest absolute Gasteiger partial charge is 0.355 e. The molecule has 0 saturated heterocycles. The Hall–Kier alpha value is -2.75. The van der Waals surface area contributed by atoms with Gasteiger partial charge in [0.25, 0.3) is 5.91 Å². The van der Waals surface area contributed by atoms with E-state index in [1.165, 1.54) is 28.6 Å². The summed E-state index contributed by atoms with van der Waals surface area (Å²) in [5.74, 6) is -0.151. The van der Waals surface area contributed by atoms with Gasteiger partial charge in [0.1, 0.15) is 4.90 Å². The average molecular weight is 435 g/mol. The fourth-order valence-corrected chi connectivity index (χ4v) is 4.66. The molecule has 2 heterocycles. The first kappa shape index (κ1) is 21.0. The molecule has 3 rings (SSSR count). The van der Waals surface area contributed by atoms with E-state index in [0.717, 1.165) is 0 Å². The monoisotopic (exact) mass is 434 g/mol. The number of sulfonamides is 1. The summed E-state index contributed by atoms with van der Waals surface area (Å²) in [5, 5.41) is 6.46. The Bertz CT molecular complexity index is 1110. The number of aromatic nitrogens is 2. The molecule has 0 atom stereocenters. The Morgan fingerprint density at radius 3 is 2.62 bits per heavy atom. The van der Waals surface area contributed by atoms with Crippen LogP contribution in [-0.2, 0) is 10.0 Å². The quantitative estimate of drug-likeness (QED) is 0.608. The summed E-state index contributed by atoms with van der Waals surface area (Å²) < 4.78 is 32.0. The van der Waals surface area contributed by atoms with Crippen molar-refractivity contribution < 1.29 is 17.7 Å². The first-order chi connectivity index (χ1) is 13.9. The second-order valence-electron chi connectivity index (χ2n) is 6.01. The molecule has 3 aromatic rings. The van der Waals surface area contributed by atoms with Crippen molar-refractivity contribution in [2.24, 2.45) is 0 Å². The zero-order valence-corrected chi connectivity index (χ0v) is 17.4. The zero-order valence-electron chi connectivity index (χ0n) is 15.8. The average Bonchev–Trinajstić information content (AvgIpc) is 3.21. The Labute approximate surface area is 173 Å². The number of carbonyl (C=O) groups is 1. The van der Waals surface area contributed by atoms with Crippen LogP contribution in [0.5, 0.6) is 0 Å². The second-order valence-corrected chi connectivity index (χ2v) is 8.32.